The van der Waals surface area contributed by atoms with Gasteiger partial charge in [0.15, 0.2) is 22.7 Å². The van der Waals surface area contributed by atoms with E-state index in [0.717, 1.165) is 11.1 Å². The van der Waals surface area contributed by atoms with Gasteiger partial charge in [-0.1, -0.05) is 60.7 Å². The van der Waals surface area contributed by atoms with Crippen molar-refractivity contribution in [1.82, 2.24) is 4.90 Å². The molecule has 1 saturated heterocycles. The third kappa shape index (κ3) is 3.26. The van der Waals surface area contributed by atoms with Crippen molar-refractivity contribution in [3.05, 3.63) is 101 Å². The quantitative estimate of drug-likeness (QED) is 0.491. The summed E-state index contributed by atoms with van der Waals surface area (Å²) in [5.41, 5.74) is 1.45. The summed E-state index contributed by atoms with van der Waals surface area (Å²) in [4.78, 5) is 15.9. The molecule has 0 unspecified atom stereocenters. The number of benzene rings is 3. The Bertz CT molecular complexity index is 1390. The molecule has 0 aromatic heterocycles. The van der Waals surface area contributed by atoms with Crippen molar-refractivity contribution in [3.63, 3.8) is 0 Å². The first kappa shape index (κ1) is 22.3. The molecule has 3 aromatic carbocycles. The number of Topliss-reactive ketones (excluding diaryl/α,β-unsaturated/α-hetero) is 1. The molecular formula is C29H23N3O3. The highest BCUT2D eigenvalue weighted by molar-refractivity contribution is 6.01. The first-order chi connectivity index (χ1) is 17.1. The number of carbonyl (C=O) groups excluding carboxylic acids is 1. The first-order valence-electron chi connectivity index (χ1n) is 11.3. The van der Waals surface area contributed by atoms with E-state index < -0.39 is 23.4 Å². The maximum atomic E-state index is 14.0. The van der Waals surface area contributed by atoms with Crippen LogP contribution in [0, 0.1) is 28.1 Å². The fourth-order valence-corrected chi connectivity index (χ4v) is 5.49. The van der Waals surface area contributed by atoms with E-state index in [1.165, 1.54) is 7.11 Å². The molecule has 1 fully saturated rings. The Hall–Kier alpha value is -4.55. The van der Waals surface area contributed by atoms with Crippen molar-refractivity contribution < 1.29 is 14.3 Å². The van der Waals surface area contributed by atoms with Crippen LogP contribution in [0.25, 0.3) is 6.08 Å². The number of rotatable bonds is 5. The van der Waals surface area contributed by atoms with Crippen LogP contribution in [0.2, 0.25) is 0 Å². The number of ether oxygens (including phenoxy) is 2. The Kier molecular flexibility index (Phi) is 5.51. The van der Waals surface area contributed by atoms with Gasteiger partial charge in [-0.2, -0.15) is 10.5 Å². The highest BCUT2D eigenvalue weighted by Gasteiger charge is 2.63. The zero-order valence-electron chi connectivity index (χ0n) is 19.4. The Labute approximate surface area is 204 Å². The van der Waals surface area contributed by atoms with Crippen LogP contribution in [0.3, 0.4) is 0 Å². The van der Waals surface area contributed by atoms with Gasteiger partial charge in [0, 0.05) is 17.7 Å². The van der Waals surface area contributed by atoms with Gasteiger partial charge in [0.25, 0.3) is 0 Å². The summed E-state index contributed by atoms with van der Waals surface area (Å²) in [7, 11) is 3.08. The SMILES string of the molecule is COc1ccc([C@@H]2[C@@H](C(=O)c3ccccc3)N3C=Cc4ccccc4[C@H]3C2(C#N)C#N)cc1OC. The Morgan fingerprint density at radius 1 is 0.914 bits per heavy atom. The van der Waals surface area contributed by atoms with Crippen molar-refractivity contribution in [2.24, 2.45) is 5.41 Å². The van der Waals surface area contributed by atoms with Crippen molar-refractivity contribution in [2.45, 2.75) is 18.0 Å². The normalized spacial score (nSPS) is 21.3. The molecule has 6 nitrogen and oxygen atoms in total. The van der Waals surface area contributed by atoms with E-state index in [9.17, 15) is 15.3 Å². The Morgan fingerprint density at radius 3 is 2.29 bits per heavy atom. The number of carbonyl (C=O) groups is 1. The molecule has 172 valence electrons. The summed E-state index contributed by atoms with van der Waals surface area (Å²) in [5, 5.41) is 21.2. The van der Waals surface area contributed by atoms with Crippen LogP contribution in [0.1, 0.15) is 39.0 Å². The van der Waals surface area contributed by atoms with Gasteiger partial charge >= 0.3 is 0 Å². The maximum absolute atomic E-state index is 14.0. The Balaban J connectivity index is 1.78. The minimum atomic E-state index is -1.53. The predicted molar refractivity (Wildman–Crippen MR) is 131 cm³/mol. The predicted octanol–water partition coefficient (Wildman–Crippen LogP) is 5.11. The molecular weight excluding hydrogens is 438 g/mol. The lowest BCUT2D eigenvalue weighted by Crippen LogP contribution is -2.37. The zero-order valence-corrected chi connectivity index (χ0v) is 19.4. The minimum Gasteiger partial charge on any atom is -0.493 e. The van der Waals surface area contributed by atoms with Crippen LogP contribution in [0.15, 0.2) is 79.0 Å². The number of methoxy groups -OCH3 is 2. The Morgan fingerprint density at radius 2 is 1.60 bits per heavy atom. The summed E-state index contributed by atoms with van der Waals surface area (Å²) in [6, 6.07) is 25.4. The average molecular weight is 462 g/mol. The molecule has 0 saturated carbocycles. The number of nitriles is 2. The second-order valence-corrected chi connectivity index (χ2v) is 8.65. The summed E-state index contributed by atoms with van der Waals surface area (Å²) >= 11 is 0. The van der Waals surface area contributed by atoms with Crippen molar-refractivity contribution in [2.75, 3.05) is 14.2 Å². The highest BCUT2D eigenvalue weighted by atomic mass is 16.5. The van der Waals surface area contributed by atoms with Gasteiger partial charge in [0.2, 0.25) is 0 Å². The van der Waals surface area contributed by atoms with Gasteiger partial charge < -0.3 is 14.4 Å². The molecule has 2 heterocycles. The van der Waals surface area contributed by atoms with Gasteiger partial charge in [-0.15, -0.1) is 0 Å². The van der Waals surface area contributed by atoms with E-state index in [-0.39, 0.29) is 5.78 Å². The molecule has 3 atom stereocenters. The lowest BCUT2D eigenvalue weighted by atomic mass is 9.67. The molecule has 6 heteroatoms. The molecule has 0 radical (unpaired) electrons. The van der Waals surface area contributed by atoms with E-state index in [1.807, 2.05) is 65.7 Å². The maximum Gasteiger partial charge on any atom is 0.185 e. The number of fused-ring (bicyclic) bond motifs is 3. The second kappa shape index (κ2) is 8.66. The van der Waals surface area contributed by atoms with Gasteiger partial charge in [0.1, 0.15) is 6.04 Å². The summed E-state index contributed by atoms with van der Waals surface area (Å²) in [6.45, 7) is 0. The first-order valence-corrected chi connectivity index (χ1v) is 11.3. The van der Waals surface area contributed by atoms with Crippen molar-refractivity contribution in [1.29, 1.82) is 10.5 Å². The summed E-state index contributed by atoms with van der Waals surface area (Å²) < 4.78 is 10.9. The molecule has 2 aliphatic rings. The lowest BCUT2D eigenvalue weighted by molar-refractivity contribution is 0.0874. The van der Waals surface area contributed by atoms with E-state index in [4.69, 9.17) is 9.47 Å². The van der Waals surface area contributed by atoms with E-state index in [2.05, 4.69) is 12.1 Å². The highest BCUT2D eigenvalue weighted by Crippen LogP contribution is 2.60. The molecule has 35 heavy (non-hydrogen) atoms. The van der Waals surface area contributed by atoms with Crippen LogP contribution in [-0.2, 0) is 0 Å². The van der Waals surface area contributed by atoms with E-state index in [1.54, 1.807) is 31.4 Å². The molecule has 0 amide bonds. The van der Waals surface area contributed by atoms with Crippen LogP contribution < -0.4 is 9.47 Å². The monoisotopic (exact) mass is 461 g/mol. The molecule has 0 bridgehead atoms. The molecule has 5 rings (SSSR count). The van der Waals surface area contributed by atoms with Gasteiger partial charge in [-0.3, -0.25) is 4.79 Å². The topological polar surface area (TPSA) is 86.4 Å². The van der Waals surface area contributed by atoms with Crippen LogP contribution >= 0.6 is 0 Å². The lowest BCUT2D eigenvalue weighted by Gasteiger charge is -2.34. The van der Waals surface area contributed by atoms with Crippen LogP contribution in [0.4, 0.5) is 0 Å². The third-order valence-corrected chi connectivity index (χ3v) is 7.04. The number of hydrogen-bond donors (Lipinski definition) is 0. The molecule has 0 aliphatic carbocycles. The van der Waals surface area contributed by atoms with Gasteiger partial charge in [0.05, 0.1) is 32.4 Å². The largest absolute Gasteiger partial charge is 0.493 e. The smallest absolute Gasteiger partial charge is 0.185 e. The van der Waals surface area contributed by atoms with Crippen molar-refractivity contribution in [3.8, 4) is 23.6 Å². The number of nitrogens with zero attached hydrogens (tertiary/aromatic N) is 3. The minimum absolute atomic E-state index is 0.146. The van der Waals surface area contributed by atoms with E-state index in [0.29, 0.717) is 22.6 Å². The van der Waals surface area contributed by atoms with Gasteiger partial charge in [-0.25, -0.2) is 0 Å². The number of hydrogen-bond acceptors (Lipinski definition) is 6. The summed E-state index contributed by atoms with van der Waals surface area (Å²) in [5.74, 6) is 0.113. The fraction of sp³-hybridized carbons (Fsp3) is 0.207. The fourth-order valence-electron chi connectivity index (χ4n) is 5.49. The zero-order chi connectivity index (χ0) is 24.6. The third-order valence-electron chi connectivity index (χ3n) is 7.04. The second-order valence-electron chi connectivity index (χ2n) is 8.65. The summed E-state index contributed by atoms with van der Waals surface area (Å²) in [6.07, 6.45) is 3.79. The molecule has 2 aliphatic heterocycles. The van der Waals surface area contributed by atoms with Crippen molar-refractivity contribution >= 4 is 11.9 Å². The van der Waals surface area contributed by atoms with Crippen LogP contribution in [0.5, 0.6) is 11.5 Å². The molecule has 0 N–H and O–H groups in total. The van der Waals surface area contributed by atoms with Gasteiger partial charge in [-0.05, 0) is 34.9 Å². The van der Waals surface area contributed by atoms with E-state index >= 15 is 0 Å². The average Bonchev–Trinajstić information content (AvgIpc) is 3.23. The number of ketones is 1. The molecule has 3 aromatic rings. The van der Waals surface area contributed by atoms with Crippen LogP contribution in [-0.4, -0.2) is 30.9 Å². The molecule has 0 spiro atoms. The standard InChI is InChI=1S/C29H23N3O3/c1-34-23-13-12-21(16-24(23)35-2)25-26(27(33)20-9-4-3-5-10-20)32-15-14-19-8-6-7-11-22(19)28(32)29(25,17-30)18-31/h3-16,25-26,28H,1-2H3/t25-,26+,28+/m1/s1.